The van der Waals surface area contributed by atoms with E-state index in [1.165, 1.54) is 25.9 Å². The molecule has 1 aliphatic carbocycles. The Labute approximate surface area is 92.7 Å². The van der Waals surface area contributed by atoms with E-state index in [2.05, 4.69) is 22.8 Å². The topological polar surface area (TPSA) is 30.3 Å². The number of hydrogen-bond acceptors (Lipinski definition) is 3. The van der Waals surface area contributed by atoms with Crippen LogP contribution in [0.1, 0.15) is 32.6 Å². The molecule has 1 heterocycles. The Morgan fingerprint density at radius 1 is 1.27 bits per heavy atom. The first-order chi connectivity index (χ1) is 7.35. The van der Waals surface area contributed by atoms with Gasteiger partial charge in [0.2, 0.25) is 0 Å². The van der Waals surface area contributed by atoms with Crippen molar-refractivity contribution in [2.45, 2.75) is 44.7 Å². The number of piperazine rings is 1. The monoisotopic (exact) mass is 207 g/mol. The summed E-state index contributed by atoms with van der Waals surface area (Å²) in [7, 11) is 0. The van der Waals surface area contributed by atoms with Crippen molar-refractivity contribution in [2.24, 2.45) is 0 Å². The van der Waals surface area contributed by atoms with Gasteiger partial charge in [-0.1, -0.05) is 6.92 Å². The zero-order valence-electron chi connectivity index (χ0n) is 9.65. The SMILES string of the molecule is CCC(CC#N)N1CCN(C2CC2)CC1. The van der Waals surface area contributed by atoms with Gasteiger partial charge in [0.1, 0.15) is 0 Å². The summed E-state index contributed by atoms with van der Waals surface area (Å²) in [5.74, 6) is 0. The fraction of sp³-hybridized carbons (Fsp3) is 0.917. The van der Waals surface area contributed by atoms with Crippen molar-refractivity contribution in [1.82, 2.24) is 9.80 Å². The average Bonchev–Trinajstić information content (AvgIpc) is 3.10. The summed E-state index contributed by atoms with van der Waals surface area (Å²) in [6, 6.07) is 3.71. The molecule has 0 aromatic heterocycles. The number of nitrogens with zero attached hydrogens (tertiary/aromatic N) is 3. The van der Waals surface area contributed by atoms with E-state index in [1.54, 1.807) is 0 Å². The van der Waals surface area contributed by atoms with E-state index in [9.17, 15) is 0 Å². The fourth-order valence-electron chi connectivity index (χ4n) is 2.54. The van der Waals surface area contributed by atoms with E-state index >= 15 is 0 Å². The molecule has 15 heavy (non-hydrogen) atoms. The molecule has 2 aliphatic rings. The molecular formula is C12H21N3. The summed E-state index contributed by atoms with van der Waals surface area (Å²) in [6.45, 7) is 6.95. The van der Waals surface area contributed by atoms with Crippen molar-refractivity contribution in [2.75, 3.05) is 26.2 Å². The molecule has 0 aromatic carbocycles. The van der Waals surface area contributed by atoms with Gasteiger partial charge in [0.05, 0.1) is 12.5 Å². The second-order valence-corrected chi connectivity index (χ2v) is 4.73. The summed E-state index contributed by atoms with van der Waals surface area (Å²) < 4.78 is 0. The maximum Gasteiger partial charge on any atom is 0.0638 e. The van der Waals surface area contributed by atoms with Crippen LogP contribution in [0.5, 0.6) is 0 Å². The van der Waals surface area contributed by atoms with Gasteiger partial charge in [0.15, 0.2) is 0 Å². The Balaban J connectivity index is 1.78. The third-order valence-electron chi connectivity index (χ3n) is 3.73. The van der Waals surface area contributed by atoms with Crippen molar-refractivity contribution < 1.29 is 0 Å². The lowest BCUT2D eigenvalue weighted by Crippen LogP contribution is -2.50. The summed E-state index contributed by atoms with van der Waals surface area (Å²) in [4.78, 5) is 5.12. The Morgan fingerprint density at radius 3 is 2.40 bits per heavy atom. The highest BCUT2D eigenvalue weighted by atomic mass is 15.3. The van der Waals surface area contributed by atoms with E-state index in [0.717, 1.165) is 25.6 Å². The third-order valence-corrected chi connectivity index (χ3v) is 3.73. The zero-order valence-corrected chi connectivity index (χ0v) is 9.65. The molecule has 0 bridgehead atoms. The van der Waals surface area contributed by atoms with Crippen molar-refractivity contribution in [1.29, 1.82) is 5.26 Å². The van der Waals surface area contributed by atoms with Gasteiger partial charge < -0.3 is 0 Å². The van der Waals surface area contributed by atoms with E-state index < -0.39 is 0 Å². The van der Waals surface area contributed by atoms with Crippen LogP contribution in [-0.2, 0) is 0 Å². The van der Waals surface area contributed by atoms with Gasteiger partial charge in [0, 0.05) is 38.3 Å². The van der Waals surface area contributed by atoms with Crippen LogP contribution in [-0.4, -0.2) is 48.1 Å². The molecule has 2 fully saturated rings. The first-order valence-electron chi connectivity index (χ1n) is 6.20. The van der Waals surface area contributed by atoms with Gasteiger partial charge in [-0.3, -0.25) is 9.80 Å². The Kier molecular flexibility index (Phi) is 3.61. The normalized spacial score (nSPS) is 26.1. The van der Waals surface area contributed by atoms with Crippen molar-refractivity contribution in [3.63, 3.8) is 0 Å². The molecule has 3 heteroatoms. The average molecular weight is 207 g/mol. The largest absolute Gasteiger partial charge is 0.298 e. The lowest BCUT2D eigenvalue weighted by molar-refractivity contribution is 0.0909. The smallest absolute Gasteiger partial charge is 0.0638 e. The van der Waals surface area contributed by atoms with Crippen molar-refractivity contribution in [3.8, 4) is 6.07 Å². The van der Waals surface area contributed by atoms with Gasteiger partial charge in [-0.25, -0.2) is 0 Å². The molecule has 1 saturated carbocycles. The van der Waals surface area contributed by atoms with Gasteiger partial charge in [-0.2, -0.15) is 5.26 Å². The molecule has 0 aromatic rings. The van der Waals surface area contributed by atoms with Crippen LogP contribution in [0.4, 0.5) is 0 Å². The maximum absolute atomic E-state index is 8.76. The highest BCUT2D eigenvalue weighted by Crippen LogP contribution is 2.28. The predicted octanol–water partition coefficient (Wildman–Crippen LogP) is 1.46. The third kappa shape index (κ3) is 2.70. The van der Waals surface area contributed by atoms with E-state index in [-0.39, 0.29) is 0 Å². The number of hydrogen-bond donors (Lipinski definition) is 0. The maximum atomic E-state index is 8.76. The second-order valence-electron chi connectivity index (χ2n) is 4.73. The van der Waals surface area contributed by atoms with E-state index in [0.29, 0.717) is 12.5 Å². The lowest BCUT2D eigenvalue weighted by Gasteiger charge is -2.38. The van der Waals surface area contributed by atoms with E-state index in [4.69, 9.17) is 5.26 Å². The molecule has 1 aliphatic heterocycles. The number of rotatable bonds is 4. The lowest BCUT2D eigenvalue weighted by atomic mass is 10.1. The molecule has 3 nitrogen and oxygen atoms in total. The van der Waals surface area contributed by atoms with Crippen molar-refractivity contribution in [3.05, 3.63) is 0 Å². The molecule has 1 saturated heterocycles. The first kappa shape index (κ1) is 10.9. The predicted molar refractivity (Wildman–Crippen MR) is 60.5 cm³/mol. The van der Waals surface area contributed by atoms with Crippen LogP contribution >= 0.6 is 0 Å². The minimum atomic E-state index is 0.497. The summed E-state index contributed by atoms with van der Waals surface area (Å²) >= 11 is 0. The zero-order chi connectivity index (χ0) is 10.7. The molecule has 0 radical (unpaired) electrons. The standard InChI is InChI=1S/C12H21N3/c1-2-11(5-6-13)14-7-9-15(10-8-14)12-3-4-12/h11-12H,2-5,7-10H2,1H3. The Morgan fingerprint density at radius 2 is 1.93 bits per heavy atom. The minimum absolute atomic E-state index is 0.497. The van der Waals surface area contributed by atoms with E-state index in [1.807, 2.05) is 0 Å². The van der Waals surface area contributed by atoms with Gasteiger partial charge >= 0.3 is 0 Å². The van der Waals surface area contributed by atoms with Crippen LogP contribution in [0.3, 0.4) is 0 Å². The highest BCUT2D eigenvalue weighted by Gasteiger charge is 2.32. The Bertz CT molecular complexity index is 234. The summed E-state index contributed by atoms with van der Waals surface area (Å²) in [5.41, 5.74) is 0. The summed E-state index contributed by atoms with van der Waals surface area (Å²) in [5, 5.41) is 8.76. The van der Waals surface area contributed by atoms with Gasteiger partial charge in [-0.15, -0.1) is 0 Å². The van der Waals surface area contributed by atoms with Crippen LogP contribution in [0, 0.1) is 11.3 Å². The molecule has 0 N–H and O–H groups in total. The molecule has 2 rings (SSSR count). The molecule has 0 amide bonds. The van der Waals surface area contributed by atoms with Gasteiger partial charge in [-0.05, 0) is 19.3 Å². The van der Waals surface area contributed by atoms with Crippen LogP contribution < -0.4 is 0 Å². The molecule has 0 spiro atoms. The second kappa shape index (κ2) is 4.96. The fourth-order valence-corrected chi connectivity index (χ4v) is 2.54. The van der Waals surface area contributed by atoms with Crippen LogP contribution in [0.25, 0.3) is 0 Å². The van der Waals surface area contributed by atoms with Crippen molar-refractivity contribution >= 4 is 0 Å². The first-order valence-corrected chi connectivity index (χ1v) is 6.20. The molecular weight excluding hydrogens is 186 g/mol. The quantitative estimate of drug-likeness (QED) is 0.699. The minimum Gasteiger partial charge on any atom is -0.298 e. The molecule has 84 valence electrons. The highest BCUT2D eigenvalue weighted by molar-refractivity contribution is 4.90. The Hall–Kier alpha value is -0.590. The van der Waals surface area contributed by atoms with Crippen LogP contribution in [0.15, 0.2) is 0 Å². The summed E-state index contributed by atoms with van der Waals surface area (Å²) in [6.07, 6.45) is 4.63. The van der Waals surface area contributed by atoms with Crippen LogP contribution in [0.2, 0.25) is 0 Å². The van der Waals surface area contributed by atoms with Gasteiger partial charge in [0.25, 0.3) is 0 Å². The molecule has 1 unspecified atom stereocenters. The molecule has 1 atom stereocenters. The number of nitriles is 1.